The molecule has 1 fully saturated rings. The number of ether oxygens (including phenoxy) is 6. The highest BCUT2D eigenvalue weighted by molar-refractivity contribution is 5.88. The fourth-order valence-corrected chi connectivity index (χ4v) is 2.48. The minimum atomic E-state index is -1.16. The lowest BCUT2D eigenvalue weighted by molar-refractivity contribution is -0.303. The van der Waals surface area contributed by atoms with E-state index in [9.17, 15) is 14.4 Å². The Morgan fingerprint density at radius 2 is 1.24 bits per heavy atom. The Kier molecular flexibility index (Phi) is 9.22. The first-order valence-corrected chi connectivity index (χ1v) is 8.80. The molecule has 0 aromatic heterocycles. The fourth-order valence-electron chi connectivity index (χ4n) is 2.48. The van der Waals surface area contributed by atoms with E-state index in [1.54, 1.807) is 0 Å². The van der Waals surface area contributed by atoms with E-state index in [1.165, 1.54) is 35.0 Å². The number of rotatable bonds is 9. The summed E-state index contributed by atoms with van der Waals surface area (Å²) < 4.78 is 32.5. The van der Waals surface area contributed by atoms with Crippen molar-refractivity contribution in [1.29, 1.82) is 0 Å². The first kappa shape index (κ1) is 24.5. The minimum absolute atomic E-state index is 0.135. The van der Waals surface area contributed by atoms with Crippen LogP contribution in [0.2, 0.25) is 0 Å². The Balaban J connectivity index is 3.20. The molecule has 0 N–H and O–H groups in total. The summed E-state index contributed by atoms with van der Waals surface area (Å²) in [6, 6.07) is 0. The number of carbonyl (C=O) groups is 3. The van der Waals surface area contributed by atoms with Crippen molar-refractivity contribution in [2.45, 2.75) is 51.5 Å². The molecule has 1 aliphatic rings. The molecule has 9 nitrogen and oxygen atoms in total. The molecule has 0 saturated carbocycles. The van der Waals surface area contributed by atoms with Crippen LogP contribution in [0.25, 0.3) is 0 Å². The maximum absolute atomic E-state index is 12.2. The van der Waals surface area contributed by atoms with Gasteiger partial charge in [-0.05, 0) is 20.8 Å². The third kappa shape index (κ3) is 6.52. The second-order valence-corrected chi connectivity index (χ2v) is 6.66. The van der Waals surface area contributed by atoms with E-state index in [4.69, 9.17) is 28.4 Å². The molecular weight excluding hydrogens is 384 g/mol. The van der Waals surface area contributed by atoms with Gasteiger partial charge in [0.1, 0.15) is 18.8 Å². The number of methoxy groups -OCH3 is 2. The topological polar surface area (TPSA) is 107 Å². The Bertz CT molecular complexity index is 681. The molecule has 0 amide bonds. The third-order valence-electron chi connectivity index (χ3n) is 4.01. The van der Waals surface area contributed by atoms with Gasteiger partial charge in [0.15, 0.2) is 18.5 Å². The maximum atomic E-state index is 12.2. The van der Waals surface area contributed by atoms with Crippen LogP contribution in [0.3, 0.4) is 0 Å². The lowest BCUT2D eigenvalue weighted by Gasteiger charge is -2.44. The van der Waals surface area contributed by atoms with Crippen LogP contribution in [0.15, 0.2) is 36.5 Å². The molecule has 0 bridgehead atoms. The lowest BCUT2D eigenvalue weighted by atomic mass is 9.98. The van der Waals surface area contributed by atoms with E-state index in [2.05, 4.69) is 19.7 Å². The quantitative estimate of drug-likeness (QED) is 0.316. The van der Waals surface area contributed by atoms with Crippen LogP contribution in [0, 0.1) is 0 Å². The van der Waals surface area contributed by atoms with Crippen molar-refractivity contribution in [2.75, 3.05) is 20.8 Å². The zero-order valence-corrected chi connectivity index (χ0v) is 17.4. The van der Waals surface area contributed by atoms with Crippen LogP contribution >= 0.6 is 0 Å². The summed E-state index contributed by atoms with van der Waals surface area (Å²) in [6.07, 6.45) is -5.23. The van der Waals surface area contributed by atoms with Gasteiger partial charge >= 0.3 is 17.9 Å². The maximum Gasteiger partial charge on any atom is 0.333 e. The predicted octanol–water partition coefficient (Wildman–Crippen LogP) is 1.47. The summed E-state index contributed by atoms with van der Waals surface area (Å²) in [5, 5.41) is 0. The van der Waals surface area contributed by atoms with Crippen LogP contribution in [0.4, 0.5) is 0 Å². The molecule has 0 aromatic carbocycles. The summed E-state index contributed by atoms with van der Waals surface area (Å²) in [6.45, 7) is 14.8. The summed E-state index contributed by atoms with van der Waals surface area (Å²) in [7, 11) is 2.68. The highest BCUT2D eigenvalue weighted by Gasteiger charge is 2.51. The van der Waals surface area contributed by atoms with Crippen molar-refractivity contribution < 1.29 is 42.8 Å². The predicted molar refractivity (Wildman–Crippen MR) is 102 cm³/mol. The van der Waals surface area contributed by atoms with Gasteiger partial charge in [0.05, 0.1) is 0 Å². The van der Waals surface area contributed by atoms with Crippen molar-refractivity contribution in [1.82, 2.24) is 0 Å². The Morgan fingerprint density at radius 3 is 1.66 bits per heavy atom. The average molecular weight is 412 g/mol. The van der Waals surface area contributed by atoms with Gasteiger partial charge in [0, 0.05) is 30.9 Å². The molecule has 0 radical (unpaired) electrons. The lowest BCUT2D eigenvalue weighted by Crippen LogP contribution is -2.62. The van der Waals surface area contributed by atoms with Gasteiger partial charge in [-0.25, -0.2) is 14.4 Å². The first-order chi connectivity index (χ1) is 13.5. The number of carbonyl (C=O) groups excluding carboxylic acids is 3. The molecule has 1 saturated heterocycles. The van der Waals surface area contributed by atoms with E-state index < -0.39 is 48.6 Å². The molecule has 9 heteroatoms. The molecule has 1 heterocycles. The Morgan fingerprint density at radius 1 is 0.759 bits per heavy atom. The summed E-state index contributed by atoms with van der Waals surface area (Å²) >= 11 is 0. The van der Waals surface area contributed by atoms with Gasteiger partial charge in [-0.3, -0.25) is 0 Å². The third-order valence-corrected chi connectivity index (χ3v) is 4.01. The van der Waals surface area contributed by atoms with Gasteiger partial charge in [-0.2, -0.15) is 0 Å². The monoisotopic (exact) mass is 412 g/mol. The smallest absolute Gasteiger partial charge is 0.333 e. The largest absolute Gasteiger partial charge is 0.459 e. The van der Waals surface area contributed by atoms with Crippen LogP contribution in [0.1, 0.15) is 20.8 Å². The fraction of sp³-hybridized carbons (Fsp3) is 0.550. The Labute approximate surface area is 170 Å². The van der Waals surface area contributed by atoms with Crippen LogP contribution < -0.4 is 0 Å². The number of hydrogen-bond donors (Lipinski definition) is 0. The highest BCUT2D eigenvalue weighted by atomic mass is 16.7. The molecule has 5 atom stereocenters. The number of esters is 3. The van der Waals surface area contributed by atoms with Crippen molar-refractivity contribution in [3.8, 4) is 0 Å². The number of hydrogen-bond acceptors (Lipinski definition) is 9. The zero-order chi connectivity index (χ0) is 22.3. The van der Waals surface area contributed by atoms with Crippen molar-refractivity contribution in [2.24, 2.45) is 0 Å². The van der Waals surface area contributed by atoms with Crippen LogP contribution in [-0.2, 0) is 42.8 Å². The summed E-state index contributed by atoms with van der Waals surface area (Å²) in [5.41, 5.74) is 0.475. The van der Waals surface area contributed by atoms with Gasteiger partial charge in [-0.15, -0.1) is 0 Å². The average Bonchev–Trinajstić information content (AvgIpc) is 2.66. The van der Waals surface area contributed by atoms with Gasteiger partial charge in [0.25, 0.3) is 0 Å². The van der Waals surface area contributed by atoms with E-state index in [0.717, 1.165) is 0 Å². The SMILES string of the molecule is C=C(C)C(=O)OC[C@H]1O[C@@H](OC)[C@H](OC(=O)C(=C)C)[C@H](OC(=O)C(=C)C)[C@@H]1OC. The molecule has 162 valence electrons. The van der Waals surface area contributed by atoms with Crippen molar-refractivity contribution in [3.05, 3.63) is 36.5 Å². The zero-order valence-electron chi connectivity index (χ0n) is 17.4. The molecular formula is C20H28O9. The first-order valence-electron chi connectivity index (χ1n) is 8.80. The van der Waals surface area contributed by atoms with Crippen molar-refractivity contribution >= 4 is 17.9 Å². The molecule has 0 aliphatic carbocycles. The molecule has 1 aliphatic heterocycles. The van der Waals surface area contributed by atoms with E-state index in [1.807, 2.05) is 0 Å². The van der Waals surface area contributed by atoms with Crippen LogP contribution in [-0.4, -0.2) is 69.4 Å². The van der Waals surface area contributed by atoms with Gasteiger partial charge < -0.3 is 28.4 Å². The molecule has 29 heavy (non-hydrogen) atoms. The molecule has 0 aromatic rings. The van der Waals surface area contributed by atoms with Gasteiger partial charge in [0.2, 0.25) is 0 Å². The summed E-state index contributed by atoms with van der Waals surface area (Å²) in [5.74, 6) is -2.06. The standard InChI is InChI=1S/C20H28O9/c1-10(2)17(21)26-9-13-14(24-7)15(28-18(22)11(3)4)16(20(25-8)27-13)29-19(23)12(5)6/h13-16,20H,1,3,5,9H2,2,4,6-8H3/t13-,14-,15-,16-,20-/m1/s1. The van der Waals surface area contributed by atoms with E-state index >= 15 is 0 Å². The van der Waals surface area contributed by atoms with E-state index in [-0.39, 0.29) is 23.3 Å². The van der Waals surface area contributed by atoms with Crippen LogP contribution in [0.5, 0.6) is 0 Å². The molecule has 0 spiro atoms. The minimum Gasteiger partial charge on any atom is -0.459 e. The summed E-state index contributed by atoms with van der Waals surface area (Å²) in [4.78, 5) is 36.0. The molecule has 1 rings (SSSR count). The van der Waals surface area contributed by atoms with Gasteiger partial charge in [-0.1, -0.05) is 19.7 Å². The van der Waals surface area contributed by atoms with Crippen molar-refractivity contribution in [3.63, 3.8) is 0 Å². The molecule has 0 unspecified atom stereocenters. The normalized spacial score (nSPS) is 26.2. The second kappa shape index (κ2) is 10.9. The second-order valence-electron chi connectivity index (χ2n) is 6.66. The van der Waals surface area contributed by atoms with E-state index in [0.29, 0.717) is 0 Å². The Hall–Kier alpha value is -2.49. The highest BCUT2D eigenvalue weighted by Crippen LogP contribution is 2.29.